The van der Waals surface area contributed by atoms with Gasteiger partial charge in [0.1, 0.15) is 11.3 Å². The van der Waals surface area contributed by atoms with Crippen molar-refractivity contribution in [1.82, 2.24) is 0 Å². The summed E-state index contributed by atoms with van der Waals surface area (Å²) < 4.78 is 12.4. The Balaban J connectivity index is 1.64. The Kier molecular flexibility index (Phi) is 5.36. The molecular formula is C23H21BrO4. The van der Waals surface area contributed by atoms with E-state index in [4.69, 9.17) is 9.15 Å². The lowest BCUT2D eigenvalue weighted by molar-refractivity contribution is 0.0921. The van der Waals surface area contributed by atoms with E-state index < -0.39 is 0 Å². The van der Waals surface area contributed by atoms with Crippen LogP contribution in [0.2, 0.25) is 0 Å². The second-order valence-corrected chi connectivity index (χ2v) is 8.11. The van der Waals surface area contributed by atoms with Crippen LogP contribution in [0.3, 0.4) is 0 Å². The molecule has 0 fully saturated rings. The minimum atomic E-state index is -0.240. The fourth-order valence-electron chi connectivity index (χ4n) is 3.82. The maximum atomic E-state index is 12.5. The number of ketones is 1. The van der Waals surface area contributed by atoms with Crippen LogP contribution in [-0.2, 0) is 12.8 Å². The van der Waals surface area contributed by atoms with Crippen molar-refractivity contribution < 1.29 is 13.9 Å². The predicted octanol–water partition coefficient (Wildman–Crippen LogP) is 5.39. The maximum Gasteiger partial charge on any atom is 0.339 e. The fraction of sp³-hybridized carbons (Fsp3) is 0.304. The Morgan fingerprint density at radius 3 is 2.50 bits per heavy atom. The molecule has 0 bridgehead atoms. The highest BCUT2D eigenvalue weighted by atomic mass is 79.9. The Hall–Kier alpha value is -2.40. The molecule has 144 valence electrons. The van der Waals surface area contributed by atoms with Gasteiger partial charge in [0.25, 0.3) is 0 Å². The van der Waals surface area contributed by atoms with Gasteiger partial charge in [0.2, 0.25) is 0 Å². The van der Waals surface area contributed by atoms with Gasteiger partial charge >= 0.3 is 5.63 Å². The molecule has 0 unspecified atom stereocenters. The van der Waals surface area contributed by atoms with Crippen molar-refractivity contribution in [1.29, 1.82) is 0 Å². The standard InChI is InChI=1S/C23H21BrO4/c1-14-21(27-13-20(25)15-7-9-16(24)10-8-15)12-11-18-17-5-3-2-4-6-19(17)23(26)28-22(14)18/h7-12H,2-6,13H2,1H3. The van der Waals surface area contributed by atoms with Gasteiger partial charge in [-0.15, -0.1) is 0 Å². The van der Waals surface area contributed by atoms with Crippen LogP contribution in [0.4, 0.5) is 0 Å². The summed E-state index contributed by atoms with van der Waals surface area (Å²) in [7, 11) is 0. The highest BCUT2D eigenvalue weighted by Gasteiger charge is 2.19. The van der Waals surface area contributed by atoms with Crippen LogP contribution in [0, 0.1) is 6.92 Å². The molecule has 0 atom stereocenters. The molecular weight excluding hydrogens is 420 g/mol. The van der Waals surface area contributed by atoms with Crippen molar-refractivity contribution in [2.75, 3.05) is 6.61 Å². The second-order valence-electron chi connectivity index (χ2n) is 7.19. The molecule has 28 heavy (non-hydrogen) atoms. The first-order valence-electron chi connectivity index (χ1n) is 9.54. The van der Waals surface area contributed by atoms with Crippen LogP contribution in [0.25, 0.3) is 11.0 Å². The van der Waals surface area contributed by atoms with Gasteiger partial charge in [0, 0.05) is 26.5 Å². The van der Waals surface area contributed by atoms with Gasteiger partial charge in [-0.2, -0.15) is 0 Å². The minimum Gasteiger partial charge on any atom is -0.485 e. The first kappa shape index (κ1) is 18.9. The highest BCUT2D eigenvalue weighted by molar-refractivity contribution is 9.10. The number of rotatable bonds is 4. The largest absolute Gasteiger partial charge is 0.485 e. The number of hydrogen-bond acceptors (Lipinski definition) is 4. The number of fused-ring (bicyclic) bond motifs is 3. The third-order valence-electron chi connectivity index (χ3n) is 5.37. The van der Waals surface area contributed by atoms with Crippen molar-refractivity contribution in [3.8, 4) is 5.75 Å². The van der Waals surface area contributed by atoms with Gasteiger partial charge in [0.05, 0.1) is 0 Å². The molecule has 1 aliphatic carbocycles. The maximum absolute atomic E-state index is 12.5. The normalized spacial score (nSPS) is 13.8. The molecule has 0 saturated carbocycles. The van der Waals surface area contributed by atoms with Crippen LogP contribution in [-0.4, -0.2) is 12.4 Å². The molecule has 0 saturated heterocycles. The molecule has 5 heteroatoms. The van der Waals surface area contributed by atoms with Crippen molar-refractivity contribution in [2.24, 2.45) is 0 Å². The van der Waals surface area contributed by atoms with Crippen molar-refractivity contribution in [2.45, 2.75) is 39.0 Å². The molecule has 4 nitrogen and oxygen atoms in total. The molecule has 0 spiro atoms. The second kappa shape index (κ2) is 7.92. The van der Waals surface area contributed by atoms with Gasteiger partial charge in [-0.3, -0.25) is 4.79 Å². The Labute approximate surface area is 171 Å². The van der Waals surface area contributed by atoms with Crippen LogP contribution < -0.4 is 10.4 Å². The molecule has 1 heterocycles. The fourth-order valence-corrected chi connectivity index (χ4v) is 4.08. The zero-order valence-corrected chi connectivity index (χ0v) is 17.3. The number of halogens is 1. The Morgan fingerprint density at radius 1 is 1.04 bits per heavy atom. The SMILES string of the molecule is Cc1c(OCC(=O)c2ccc(Br)cc2)ccc2c3c(c(=O)oc12)CCCCC3. The number of ether oxygens (including phenoxy) is 1. The summed E-state index contributed by atoms with van der Waals surface area (Å²) in [6, 6.07) is 11.0. The van der Waals surface area contributed by atoms with Crippen molar-refractivity contribution >= 4 is 32.7 Å². The highest BCUT2D eigenvalue weighted by Crippen LogP contribution is 2.32. The van der Waals surface area contributed by atoms with Gasteiger partial charge in [-0.05, 0) is 62.4 Å². The lowest BCUT2D eigenvalue weighted by atomic mass is 9.98. The zero-order chi connectivity index (χ0) is 19.7. The summed E-state index contributed by atoms with van der Waals surface area (Å²) in [6.45, 7) is 1.80. The van der Waals surface area contributed by atoms with Crippen LogP contribution >= 0.6 is 15.9 Å². The molecule has 1 aliphatic rings. The van der Waals surface area contributed by atoms with Crippen LogP contribution in [0.5, 0.6) is 5.75 Å². The van der Waals surface area contributed by atoms with Gasteiger partial charge < -0.3 is 9.15 Å². The van der Waals surface area contributed by atoms with Crippen molar-refractivity contribution in [3.63, 3.8) is 0 Å². The zero-order valence-electron chi connectivity index (χ0n) is 15.7. The summed E-state index contributed by atoms with van der Waals surface area (Å²) in [5, 5.41) is 0.987. The van der Waals surface area contributed by atoms with Gasteiger partial charge in [-0.1, -0.05) is 34.5 Å². The van der Waals surface area contributed by atoms with Gasteiger partial charge in [0.15, 0.2) is 12.4 Å². The number of carbonyl (C=O) groups excluding carboxylic acids is 1. The number of aryl methyl sites for hydroxylation is 2. The lowest BCUT2D eigenvalue weighted by Gasteiger charge is -2.13. The molecule has 2 aromatic carbocycles. The molecule has 0 radical (unpaired) electrons. The van der Waals surface area contributed by atoms with Gasteiger partial charge in [-0.25, -0.2) is 4.79 Å². The average Bonchev–Trinajstić information content (AvgIpc) is 2.95. The average molecular weight is 441 g/mol. The molecule has 3 aromatic rings. The summed E-state index contributed by atoms with van der Waals surface area (Å²) in [5.41, 5.74) is 3.62. The van der Waals surface area contributed by atoms with E-state index in [9.17, 15) is 9.59 Å². The molecule has 0 N–H and O–H groups in total. The van der Waals surface area contributed by atoms with E-state index in [2.05, 4.69) is 15.9 Å². The summed E-state index contributed by atoms with van der Waals surface area (Å²) >= 11 is 3.36. The number of benzene rings is 2. The van der Waals surface area contributed by atoms with Crippen molar-refractivity contribution in [3.05, 3.63) is 73.5 Å². The van der Waals surface area contributed by atoms with E-state index in [0.29, 0.717) is 16.9 Å². The number of hydrogen-bond donors (Lipinski definition) is 0. The Morgan fingerprint density at radius 2 is 1.75 bits per heavy atom. The molecule has 1 aromatic heterocycles. The minimum absolute atomic E-state index is 0.0663. The molecule has 0 aliphatic heterocycles. The van der Waals surface area contributed by atoms with Crippen LogP contribution in [0.15, 0.2) is 50.1 Å². The predicted molar refractivity (Wildman–Crippen MR) is 112 cm³/mol. The van der Waals surface area contributed by atoms with E-state index in [0.717, 1.165) is 58.7 Å². The third-order valence-corrected chi connectivity index (χ3v) is 5.89. The van der Waals surface area contributed by atoms with E-state index in [1.54, 1.807) is 12.1 Å². The summed E-state index contributed by atoms with van der Waals surface area (Å²) in [5.74, 6) is 0.463. The third kappa shape index (κ3) is 3.63. The smallest absolute Gasteiger partial charge is 0.339 e. The Bertz CT molecular complexity index is 1100. The van der Waals surface area contributed by atoms with E-state index in [1.165, 1.54) is 0 Å². The molecule has 4 rings (SSSR count). The summed E-state index contributed by atoms with van der Waals surface area (Å²) in [4.78, 5) is 24.9. The van der Waals surface area contributed by atoms with E-state index >= 15 is 0 Å². The number of carbonyl (C=O) groups is 1. The number of Topliss-reactive ketones (excluding diaryl/α,β-unsaturated/α-hetero) is 1. The summed E-state index contributed by atoms with van der Waals surface area (Å²) in [6.07, 6.45) is 4.94. The monoisotopic (exact) mass is 440 g/mol. The van der Waals surface area contributed by atoms with E-state index in [-0.39, 0.29) is 18.0 Å². The first-order chi connectivity index (χ1) is 13.5. The van der Waals surface area contributed by atoms with Crippen LogP contribution in [0.1, 0.15) is 46.3 Å². The topological polar surface area (TPSA) is 56.5 Å². The first-order valence-corrected chi connectivity index (χ1v) is 10.3. The van der Waals surface area contributed by atoms with E-state index in [1.807, 2.05) is 31.2 Å². The molecule has 0 amide bonds. The quantitative estimate of drug-likeness (QED) is 0.309. The lowest BCUT2D eigenvalue weighted by Crippen LogP contribution is -2.13.